The predicted molar refractivity (Wildman–Crippen MR) is 119 cm³/mol. The van der Waals surface area contributed by atoms with E-state index >= 15 is 0 Å². The van der Waals surface area contributed by atoms with Gasteiger partial charge in [0, 0.05) is 24.7 Å². The Hall–Kier alpha value is -2.65. The molecule has 1 saturated heterocycles. The lowest BCUT2D eigenvalue weighted by Crippen LogP contribution is -2.29. The number of nitriles is 1. The molecule has 148 valence electrons. The molecular formula is C23H25N5S. The molecule has 3 aromatic rings. The number of fused-ring (bicyclic) bond motifs is 1. The average Bonchev–Trinajstić information content (AvgIpc) is 3.42. The summed E-state index contributed by atoms with van der Waals surface area (Å²) in [5, 5.41) is 14.2. The van der Waals surface area contributed by atoms with E-state index in [0.29, 0.717) is 5.92 Å². The van der Waals surface area contributed by atoms with Gasteiger partial charge in [-0.15, -0.1) is 11.3 Å². The maximum atomic E-state index is 9.63. The number of hydrogen-bond acceptors (Lipinski definition) is 6. The molecule has 3 aromatic heterocycles. The molecule has 29 heavy (non-hydrogen) atoms. The summed E-state index contributed by atoms with van der Waals surface area (Å²) in [7, 11) is 0. The summed E-state index contributed by atoms with van der Waals surface area (Å²) in [4.78, 5) is 12.4. The summed E-state index contributed by atoms with van der Waals surface area (Å²) < 4.78 is 1.10. The van der Waals surface area contributed by atoms with Crippen LogP contribution in [0.1, 0.15) is 61.3 Å². The first-order valence-corrected chi connectivity index (χ1v) is 11.4. The fourth-order valence-corrected chi connectivity index (χ4v) is 5.76. The van der Waals surface area contributed by atoms with Crippen molar-refractivity contribution in [3.8, 4) is 6.07 Å². The third-order valence-corrected chi connectivity index (χ3v) is 7.26. The molecule has 0 radical (unpaired) electrons. The molecule has 0 atom stereocenters. The maximum Gasteiger partial charge on any atom is 0.132 e. The Morgan fingerprint density at radius 1 is 1.00 bits per heavy atom. The highest BCUT2D eigenvalue weighted by molar-refractivity contribution is 7.19. The minimum Gasteiger partial charge on any atom is -0.370 e. The molecule has 0 spiro atoms. The van der Waals surface area contributed by atoms with Gasteiger partial charge in [-0.3, -0.25) is 0 Å². The van der Waals surface area contributed by atoms with E-state index < -0.39 is 0 Å². The van der Waals surface area contributed by atoms with E-state index in [-0.39, 0.29) is 0 Å². The van der Waals surface area contributed by atoms with Crippen molar-refractivity contribution in [2.75, 3.05) is 23.3 Å². The number of hydrogen-bond donors (Lipinski definition) is 1. The second-order valence-corrected chi connectivity index (χ2v) is 9.13. The molecule has 1 aliphatic heterocycles. The summed E-state index contributed by atoms with van der Waals surface area (Å²) in [5.74, 6) is 2.10. The zero-order valence-corrected chi connectivity index (χ0v) is 17.3. The lowest BCUT2D eigenvalue weighted by Gasteiger charge is -2.28. The standard InChI is InChI=1S/C23H25N5S/c24-13-19-23(16-6-2-3-7-16)18-12-22(26-15-20(18)29-19)27-21-9-8-17(14-25-21)28-10-4-1-5-11-28/h8-9,12,14-16H,1-7,10-11H2,(H,25,26,27). The zero-order valence-electron chi connectivity index (χ0n) is 16.5. The van der Waals surface area contributed by atoms with Crippen molar-refractivity contribution in [3.05, 3.63) is 41.0 Å². The van der Waals surface area contributed by atoms with E-state index in [9.17, 15) is 5.26 Å². The van der Waals surface area contributed by atoms with Gasteiger partial charge in [0.2, 0.25) is 0 Å². The molecule has 1 N–H and O–H groups in total. The highest BCUT2D eigenvalue weighted by Crippen LogP contribution is 2.43. The Balaban J connectivity index is 1.40. The van der Waals surface area contributed by atoms with E-state index in [1.54, 1.807) is 11.3 Å². The second kappa shape index (κ2) is 8.00. The van der Waals surface area contributed by atoms with Crippen molar-refractivity contribution in [1.82, 2.24) is 9.97 Å². The van der Waals surface area contributed by atoms with Crippen LogP contribution in [0.15, 0.2) is 30.6 Å². The van der Waals surface area contributed by atoms with Gasteiger partial charge in [-0.05, 0) is 61.8 Å². The predicted octanol–water partition coefficient (Wildman–Crippen LogP) is 5.95. The van der Waals surface area contributed by atoms with Gasteiger partial charge in [0.25, 0.3) is 0 Å². The van der Waals surface area contributed by atoms with E-state index in [1.807, 2.05) is 18.5 Å². The Kier molecular flexibility index (Phi) is 5.07. The molecule has 2 aliphatic rings. The normalized spacial score (nSPS) is 17.6. The molecule has 6 heteroatoms. The molecule has 0 amide bonds. The summed E-state index contributed by atoms with van der Waals surface area (Å²) in [6.07, 6.45) is 12.6. The van der Waals surface area contributed by atoms with E-state index in [4.69, 9.17) is 0 Å². The first-order valence-electron chi connectivity index (χ1n) is 10.6. The smallest absolute Gasteiger partial charge is 0.132 e. The summed E-state index contributed by atoms with van der Waals surface area (Å²) in [6, 6.07) is 8.69. The lowest BCUT2D eigenvalue weighted by molar-refractivity contribution is 0.577. The number of thiophene rings is 1. The quantitative estimate of drug-likeness (QED) is 0.583. The third-order valence-electron chi connectivity index (χ3n) is 6.20. The Labute approximate surface area is 175 Å². The number of piperidine rings is 1. The monoisotopic (exact) mass is 403 g/mol. The zero-order chi connectivity index (χ0) is 19.6. The molecular weight excluding hydrogens is 378 g/mol. The van der Waals surface area contributed by atoms with Crippen LogP contribution in [0.5, 0.6) is 0 Å². The van der Waals surface area contributed by atoms with E-state index in [0.717, 1.165) is 34.3 Å². The van der Waals surface area contributed by atoms with Gasteiger partial charge in [0.15, 0.2) is 0 Å². The molecule has 5 rings (SSSR count). The van der Waals surface area contributed by atoms with Crippen molar-refractivity contribution >= 4 is 38.7 Å². The van der Waals surface area contributed by atoms with Crippen molar-refractivity contribution < 1.29 is 0 Å². The number of aromatic nitrogens is 2. The van der Waals surface area contributed by atoms with Crippen LogP contribution in [0.25, 0.3) is 10.1 Å². The van der Waals surface area contributed by atoms with Crippen LogP contribution in [0.4, 0.5) is 17.3 Å². The Bertz CT molecular complexity index is 1040. The van der Waals surface area contributed by atoms with Crippen LogP contribution < -0.4 is 10.2 Å². The molecule has 0 unspecified atom stereocenters. The van der Waals surface area contributed by atoms with Crippen molar-refractivity contribution in [2.24, 2.45) is 0 Å². The van der Waals surface area contributed by atoms with Crippen LogP contribution in [0.2, 0.25) is 0 Å². The minimum absolute atomic E-state index is 0.510. The van der Waals surface area contributed by atoms with Gasteiger partial charge in [-0.2, -0.15) is 5.26 Å². The number of nitrogens with zero attached hydrogens (tertiary/aromatic N) is 4. The van der Waals surface area contributed by atoms with Crippen molar-refractivity contribution in [2.45, 2.75) is 50.9 Å². The number of anilines is 3. The van der Waals surface area contributed by atoms with Gasteiger partial charge in [0.05, 0.1) is 16.6 Å². The summed E-state index contributed by atoms with van der Waals surface area (Å²) in [6.45, 7) is 2.24. The fraction of sp³-hybridized carbons (Fsp3) is 0.435. The molecule has 0 aromatic carbocycles. The largest absolute Gasteiger partial charge is 0.370 e. The highest BCUT2D eigenvalue weighted by atomic mass is 32.1. The summed E-state index contributed by atoms with van der Waals surface area (Å²) in [5.41, 5.74) is 2.43. The lowest BCUT2D eigenvalue weighted by atomic mass is 9.95. The van der Waals surface area contributed by atoms with Gasteiger partial charge in [0.1, 0.15) is 22.6 Å². The van der Waals surface area contributed by atoms with Gasteiger partial charge in [-0.25, -0.2) is 9.97 Å². The topological polar surface area (TPSA) is 64.8 Å². The molecule has 1 aliphatic carbocycles. The van der Waals surface area contributed by atoms with E-state index in [1.165, 1.54) is 61.6 Å². The van der Waals surface area contributed by atoms with Crippen LogP contribution >= 0.6 is 11.3 Å². The molecule has 2 fully saturated rings. The third kappa shape index (κ3) is 3.67. The second-order valence-electron chi connectivity index (χ2n) is 8.08. The van der Waals surface area contributed by atoms with Gasteiger partial charge < -0.3 is 10.2 Å². The molecule has 5 nitrogen and oxygen atoms in total. The average molecular weight is 404 g/mol. The van der Waals surface area contributed by atoms with Crippen LogP contribution in [0, 0.1) is 11.3 Å². The SMILES string of the molecule is N#Cc1sc2cnc(Nc3ccc(N4CCCCC4)cn3)cc2c1C1CCCC1. The maximum absolute atomic E-state index is 9.63. The number of nitrogens with one attached hydrogen (secondary N) is 1. The molecule has 0 bridgehead atoms. The first-order chi connectivity index (χ1) is 14.3. The fourth-order valence-electron chi connectivity index (χ4n) is 4.72. The first kappa shape index (κ1) is 18.4. The van der Waals surface area contributed by atoms with Gasteiger partial charge in [-0.1, -0.05) is 12.8 Å². The van der Waals surface area contributed by atoms with Crippen LogP contribution in [0.3, 0.4) is 0 Å². The van der Waals surface area contributed by atoms with Crippen LogP contribution in [-0.4, -0.2) is 23.1 Å². The van der Waals surface area contributed by atoms with Gasteiger partial charge >= 0.3 is 0 Å². The number of pyridine rings is 2. The molecule has 4 heterocycles. The van der Waals surface area contributed by atoms with Crippen molar-refractivity contribution in [3.63, 3.8) is 0 Å². The van der Waals surface area contributed by atoms with Crippen LogP contribution in [-0.2, 0) is 0 Å². The highest BCUT2D eigenvalue weighted by Gasteiger charge is 2.24. The van der Waals surface area contributed by atoms with E-state index in [2.05, 4.69) is 38.4 Å². The molecule has 1 saturated carbocycles. The van der Waals surface area contributed by atoms with Crippen molar-refractivity contribution in [1.29, 1.82) is 5.26 Å². The summed E-state index contributed by atoms with van der Waals surface area (Å²) >= 11 is 1.57. The number of rotatable bonds is 4. The Morgan fingerprint density at radius 2 is 1.79 bits per heavy atom. The minimum atomic E-state index is 0.510. The Morgan fingerprint density at radius 3 is 2.52 bits per heavy atom.